The molecule has 0 aromatic carbocycles. The third-order valence-corrected chi connectivity index (χ3v) is 5.58. The summed E-state index contributed by atoms with van der Waals surface area (Å²) < 4.78 is 32.5. The first-order valence-electron chi connectivity index (χ1n) is 8.58. The van der Waals surface area contributed by atoms with Gasteiger partial charge in [0, 0.05) is 31.3 Å². The number of nitrogens with zero attached hydrogens (tertiary/aromatic N) is 3. The zero-order valence-electron chi connectivity index (χ0n) is 14.3. The minimum Gasteiger partial charge on any atom is -0.381 e. The third-order valence-electron chi connectivity index (χ3n) is 5.58. The van der Waals surface area contributed by atoms with Crippen molar-refractivity contribution in [2.75, 3.05) is 20.2 Å². The first kappa shape index (κ1) is 17.3. The molecule has 2 aliphatic rings. The van der Waals surface area contributed by atoms with Crippen molar-refractivity contribution in [3.8, 4) is 0 Å². The van der Waals surface area contributed by atoms with Gasteiger partial charge >= 0.3 is 0 Å². The standard InChI is InChI=1S/C17H25F2N3O2/c1-12-9-13(16(18)19)20-22(12)10-15(23)21-8-4-7-17(11-21)6-3-5-14(17)24-2/h9,14,16H,3-8,10-11H2,1-2H3/t14-,17-/m1/s1. The second-order valence-electron chi connectivity index (χ2n) is 7.07. The van der Waals surface area contributed by atoms with Crippen LogP contribution in [0.25, 0.3) is 0 Å². The normalized spacial score (nSPS) is 27.4. The fraction of sp³-hybridized carbons (Fsp3) is 0.765. The Bertz CT molecular complexity index is 605. The molecule has 2 fully saturated rings. The van der Waals surface area contributed by atoms with Crippen LogP contribution < -0.4 is 0 Å². The Morgan fingerprint density at radius 1 is 1.46 bits per heavy atom. The number of aromatic nitrogens is 2. The molecule has 1 spiro atoms. The number of likely N-dealkylation sites (tertiary alicyclic amines) is 1. The van der Waals surface area contributed by atoms with Gasteiger partial charge in [0.25, 0.3) is 6.43 Å². The van der Waals surface area contributed by atoms with E-state index in [2.05, 4.69) is 5.10 Å². The van der Waals surface area contributed by atoms with Gasteiger partial charge in [0.2, 0.25) is 5.91 Å². The maximum atomic E-state index is 12.7. The maximum absolute atomic E-state index is 12.7. The van der Waals surface area contributed by atoms with E-state index in [4.69, 9.17) is 4.74 Å². The second kappa shape index (κ2) is 6.78. The highest BCUT2D eigenvalue weighted by atomic mass is 19.3. The summed E-state index contributed by atoms with van der Waals surface area (Å²) in [7, 11) is 1.75. The number of amides is 1. The molecule has 0 radical (unpaired) electrons. The van der Waals surface area contributed by atoms with Gasteiger partial charge in [0.05, 0.1) is 6.10 Å². The molecule has 1 aliphatic heterocycles. The molecule has 3 rings (SSSR count). The number of piperidine rings is 1. The lowest BCUT2D eigenvalue weighted by atomic mass is 9.76. The van der Waals surface area contributed by atoms with Crippen LogP contribution in [0.2, 0.25) is 0 Å². The van der Waals surface area contributed by atoms with Crippen molar-refractivity contribution in [2.24, 2.45) is 5.41 Å². The van der Waals surface area contributed by atoms with Crippen molar-refractivity contribution >= 4 is 5.91 Å². The molecule has 0 bridgehead atoms. The summed E-state index contributed by atoms with van der Waals surface area (Å²) in [6.45, 7) is 3.14. The molecule has 24 heavy (non-hydrogen) atoms. The van der Waals surface area contributed by atoms with Crippen molar-refractivity contribution in [3.63, 3.8) is 0 Å². The van der Waals surface area contributed by atoms with Crippen LogP contribution in [0, 0.1) is 12.3 Å². The second-order valence-corrected chi connectivity index (χ2v) is 7.07. The van der Waals surface area contributed by atoms with Crippen LogP contribution in [-0.2, 0) is 16.1 Å². The summed E-state index contributed by atoms with van der Waals surface area (Å²) in [6, 6.07) is 1.34. The van der Waals surface area contributed by atoms with Gasteiger partial charge in [-0.05, 0) is 38.7 Å². The first-order valence-corrected chi connectivity index (χ1v) is 8.58. The summed E-state index contributed by atoms with van der Waals surface area (Å²) in [5, 5.41) is 3.86. The molecular weight excluding hydrogens is 316 g/mol. The molecular formula is C17H25F2N3O2. The predicted octanol–water partition coefficient (Wildman–Crippen LogP) is 2.94. The van der Waals surface area contributed by atoms with Crippen LogP contribution in [-0.4, -0.2) is 46.9 Å². The first-order chi connectivity index (χ1) is 11.4. The molecule has 1 aliphatic carbocycles. The smallest absolute Gasteiger partial charge is 0.282 e. The highest BCUT2D eigenvalue weighted by Gasteiger charge is 2.46. The largest absolute Gasteiger partial charge is 0.381 e. The van der Waals surface area contributed by atoms with Crippen LogP contribution in [0.4, 0.5) is 8.78 Å². The van der Waals surface area contributed by atoms with Crippen molar-refractivity contribution in [1.29, 1.82) is 0 Å². The molecule has 1 aromatic heterocycles. The number of carbonyl (C=O) groups is 1. The quantitative estimate of drug-likeness (QED) is 0.846. The molecule has 0 unspecified atom stereocenters. The van der Waals surface area contributed by atoms with E-state index in [1.165, 1.54) is 10.7 Å². The lowest BCUT2D eigenvalue weighted by molar-refractivity contribution is -0.138. The highest BCUT2D eigenvalue weighted by molar-refractivity contribution is 5.76. The van der Waals surface area contributed by atoms with Gasteiger partial charge in [-0.3, -0.25) is 9.48 Å². The Hall–Kier alpha value is -1.50. The minimum absolute atomic E-state index is 0.0201. The van der Waals surface area contributed by atoms with Gasteiger partial charge < -0.3 is 9.64 Å². The van der Waals surface area contributed by atoms with E-state index < -0.39 is 6.43 Å². The minimum atomic E-state index is -2.61. The van der Waals surface area contributed by atoms with E-state index in [0.717, 1.165) is 38.6 Å². The lowest BCUT2D eigenvalue weighted by Crippen LogP contribution is -2.50. The number of hydrogen-bond donors (Lipinski definition) is 0. The van der Waals surface area contributed by atoms with Crippen LogP contribution >= 0.6 is 0 Å². The average molecular weight is 341 g/mol. The fourth-order valence-corrected chi connectivity index (χ4v) is 4.34. The number of methoxy groups -OCH3 is 1. The molecule has 134 valence electrons. The van der Waals surface area contributed by atoms with Crippen LogP contribution in [0.5, 0.6) is 0 Å². The Balaban J connectivity index is 1.69. The Morgan fingerprint density at radius 3 is 2.88 bits per heavy atom. The van der Waals surface area contributed by atoms with Gasteiger partial charge in [0.1, 0.15) is 12.2 Å². The van der Waals surface area contributed by atoms with E-state index >= 15 is 0 Å². The molecule has 1 aromatic rings. The fourth-order valence-electron chi connectivity index (χ4n) is 4.34. The SMILES string of the molecule is CO[C@@H]1CCC[C@]12CCCN(C(=O)Cn1nc(C(F)F)cc1C)C2. The molecule has 2 heterocycles. The summed E-state index contributed by atoms with van der Waals surface area (Å²) in [5.41, 5.74) is 0.377. The van der Waals surface area contributed by atoms with Crippen LogP contribution in [0.15, 0.2) is 6.07 Å². The maximum Gasteiger partial charge on any atom is 0.282 e. The lowest BCUT2D eigenvalue weighted by Gasteiger charge is -2.43. The van der Waals surface area contributed by atoms with E-state index in [-0.39, 0.29) is 29.7 Å². The van der Waals surface area contributed by atoms with Gasteiger partial charge in [-0.2, -0.15) is 5.10 Å². The van der Waals surface area contributed by atoms with Gasteiger partial charge in [0.15, 0.2) is 0 Å². The van der Waals surface area contributed by atoms with Crippen molar-refractivity contribution in [3.05, 3.63) is 17.5 Å². The highest BCUT2D eigenvalue weighted by Crippen LogP contribution is 2.46. The number of alkyl halides is 2. The average Bonchev–Trinajstić information content (AvgIpc) is 3.11. The summed E-state index contributed by atoms with van der Waals surface area (Å²) in [6.07, 6.45) is 2.93. The Morgan fingerprint density at radius 2 is 2.21 bits per heavy atom. The molecule has 2 atom stereocenters. The predicted molar refractivity (Wildman–Crippen MR) is 84.8 cm³/mol. The number of carbonyl (C=O) groups excluding carboxylic acids is 1. The van der Waals surface area contributed by atoms with Gasteiger partial charge in [-0.15, -0.1) is 0 Å². The number of halogens is 2. The van der Waals surface area contributed by atoms with Crippen molar-refractivity contribution in [1.82, 2.24) is 14.7 Å². The number of rotatable bonds is 4. The topological polar surface area (TPSA) is 47.4 Å². The Labute approximate surface area is 141 Å². The van der Waals surface area contributed by atoms with Crippen LogP contribution in [0.3, 0.4) is 0 Å². The molecule has 1 amide bonds. The van der Waals surface area contributed by atoms with Gasteiger partial charge in [-0.25, -0.2) is 8.78 Å². The Kier molecular flexibility index (Phi) is 4.90. The molecule has 1 saturated heterocycles. The van der Waals surface area contributed by atoms with Crippen molar-refractivity contribution in [2.45, 2.75) is 58.1 Å². The van der Waals surface area contributed by atoms with E-state index in [0.29, 0.717) is 12.2 Å². The monoisotopic (exact) mass is 341 g/mol. The third kappa shape index (κ3) is 3.18. The summed E-state index contributed by atoms with van der Waals surface area (Å²) in [4.78, 5) is 14.5. The number of aryl methyl sites for hydroxylation is 1. The number of ether oxygens (including phenoxy) is 1. The summed E-state index contributed by atoms with van der Waals surface area (Å²) >= 11 is 0. The molecule has 5 nitrogen and oxygen atoms in total. The van der Waals surface area contributed by atoms with E-state index in [1.54, 1.807) is 14.0 Å². The zero-order valence-corrected chi connectivity index (χ0v) is 14.3. The molecule has 0 N–H and O–H groups in total. The zero-order chi connectivity index (χ0) is 17.3. The van der Waals surface area contributed by atoms with Crippen LogP contribution in [0.1, 0.15) is 49.9 Å². The van der Waals surface area contributed by atoms with Gasteiger partial charge in [-0.1, -0.05) is 6.42 Å². The molecule has 7 heteroatoms. The summed E-state index contributed by atoms with van der Waals surface area (Å²) in [5.74, 6) is -0.0529. The number of hydrogen-bond acceptors (Lipinski definition) is 3. The molecule has 1 saturated carbocycles. The van der Waals surface area contributed by atoms with E-state index in [1.807, 2.05) is 4.90 Å². The van der Waals surface area contributed by atoms with E-state index in [9.17, 15) is 13.6 Å². The van der Waals surface area contributed by atoms with Crippen molar-refractivity contribution < 1.29 is 18.3 Å².